The van der Waals surface area contributed by atoms with Crippen LogP contribution < -0.4 is 0 Å². The van der Waals surface area contributed by atoms with Gasteiger partial charge in [0.2, 0.25) is 0 Å². The number of fused-ring (bicyclic) bond motifs is 7. The van der Waals surface area contributed by atoms with Gasteiger partial charge in [-0.3, -0.25) is 0 Å². The molecule has 0 radical (unpaired) electrons. The third kappa shape index (κ3) is 4.55. The summed E-state index contributed by atoms with van der Waals surface area (Å²) in [5.74, 6) is 0. The second kappa shape index (κ2) is 11.1. The van der Waals surface area contributed by atoms with E-state index in [0.29, 0.717) is 0 Å². The van der Waals surface area contributed by atoms with Gasteiger partial charge >= 0.3 is 0 Å². The second-order valence-electron chi connectivity index (χ2n) is 12.9. The highest BCUT2D eigenvalue weighted by Gasteiger charge is 2.16. The minimum absolute atomic E-state index is 0.915. The van der Waals surface area contributed by atoms with Gasteiger partial charge in [-0.1, -0.05) is 140 Å². The highest BCUT2D eigenvalue weighted by molar-refractivity contribution is 6.17. The first-order valence-electron chi connectivity index (χ1n) is 16.8. The highest BCUT2D eigenvalue weighted by atomic mass is 16.3. The normalized spacial score (nSPS) is 11.7. The molecule has 0 aliphatic carbocycles. The average Bonchev–Trinajstić information content (AvgIpc) is 3.56. The summed E-state index contributed by atoms with van der Waals surface area (Å²) in [6.07, 6.45) is 0. The number of hydrogen-bond donors (Lipinski definition) is 0. The van der Waals surface area contributed by atoms with Crippen molar-refractivity contribution >= 4 is 54.3 Å². The van der Waals surface area contributed by atoms with Crippen molar-refractivity contribution in [1.82, 2.24) is 0 Å². The van der Waals surface area contributed by atoms with E-state index in [2.05, 4.69) is 170 Å². The van der Waals surface area contributed by atoms with Gasteiger partial charge in [-0.15, -0.1) is 0 Å². The van der Waals surface area contributed by atoms with Gasteiger partial charge in [0.25, 0.3) is 0 Å². The predicted octanol–water partition coefficient (Wildman–Crippen LogP) is 13.7. The Bertz CT molecular complexity index is 2860. The molecule has 49 heavy (non-hydrogen) atoms. The second-order valence-corrected chi connectivity index (χ2v) is 12.9. The first-order chi connectivity index (χ1) is 24.3. The van der Waals surface area contributed by atoms with Crippen molar-refractivity contribution in [3.63, 3.8) is 0 Å². The van der Waals surface area contributed by atoms with Crippen LogP contribution >= 0.6 is 0 Å². The molecule has 10 aromatic rings. The first kappa shape index (κ1) is 27.7. The van der Waals surface area contributed by atoms with Crippen molar-refractivity contribution in [1.29, 1.82) is 0 Å². The lowest BCUT2D eigenvalue weighted by molar-refractivity contribution is 0.669. The fourth-order valence-electron chi connectivity index (χ4n) is 7.71. The molecule has 228 valence electrons. The summed E-state index contributed by atoms with van der Waals surface area (Å²) in [5.41, 5.74) is 11.6. The van der Waals surface area contributed by atoms with E-state index >= 15 is 0 Å². The molecule has 9 aromatic carbocycles. The zero-order valence-electron chi connectivity index (χ0n) is 26.7. The summed E-state index contributed by atoms with van der Waals surface area (Å²) >= 11 is 0. The summed E-state index contributed by atoms with van der Waals surface area (Å²) in [7, 11) is 0. The Hall–Kier alpha value is -6.44. The molecule has 0 aliphatic rings. The summed E-state index contributed by atoms with van der Waals surface area (Å²) in [4.78, 5) is 0. The van der Waals surface area contributed by atoms with Crippen LogP contribution in [0.5, 0.6) is 0 Å². The summed E-state index contributed by atoms with van der Waals surface area (Å²) < 4.78 is 6.24. The lowest BCUT2D eigenvalue weighted by Crippen LogP contribution is -1.90. The van der Waals surface area contributed by atoms with E-state index in [0.717, 1.165) is 21.9 Å². The molecule has 0 unspecified atom stereocenters. The van der Waals surface area contributed by atoms with Crippen LogP contribution in [-0.2, 0) is 0 Å². The topological polar surface area (TPSA) is 13.1 Å². The van der Waals surface area contributed by atoms with Gasteiger partial charge in [0.05, 0.1) is 0 Å². The fraction of sp³-hybridized carbons (Fsp3) is 0. The van der Waals surface area contributed by atoms with Crippen LogP contribution in [0.25, 0.3) is 98.8 Å². The summed E-state index contributed by atoms with van der Waals surface area (Å²) in [5, 5.41) is 9.76. The molecule has 1 aromatic heterocycles. The molecule has 0 amide bonds. The molecule has 0 atom stereocenters. The van der Waals surface area contributed by atoms with Crippen molar-refractivity contribution < 1.29 is 4.42 Å². The maximum atomic E-state index is 6.24. The predicted molar refractivity (Wildman–Crippen MR) is 208 cm³/mol. The molecule has 10 rings (SSSR count). The number of para-hydroxylation sites is 1. The van der Waals surface area contributed by atoms with Crippen molar-refractivity contribution in [2.75, 3.05) is 0 Å². The SMILES string of the molecule is c1ccc(-c2cc3ccccc3cc2-c2ccc3c(c2)c(-c2ccccc2)cc2cc(-c4cccc5oc6ccccc6c45)ccc23)cc1. The van der Waals surface area contributed by atoms with E-state index in [1.807, 2.05) is 12.1 Å². The summed E-state index contributed by atoms with van der Waals surface area (Å²) in [6, 6.07) is 65.9. The van der Waals surface area contributed by atoms with E-state index in [1.165, 1.54) is 76.8 Å². The fourth-order valence-corrected chi connectivity index (χ4v) is 7.71. The Morgan fingerprint density at radius 2 is 0.837 bits per heavy atom. The van der Waals surface area contributed by atoms with Gasteiger partial charge in [-0.05, 0) is 119 Å². The summed E-state index contributed by atoms with van der Waals surface area (Å²) in [6.45, 7) is 0. The minimum Gasteiger partial charge on any atom is -0.456 e. The number of rotatable bonds is 4. The largest absolute Gasteiger partial charge is 0.456 e. The smallest absolute Gasteiger partial charge is 0.136 e. The zero-order chi connectivity index (χ0) is 32.3. The van der Waals surface area contributed by atoms with Crippen molar-refractivity contribution in [2.24, 2.45) is 0 Å². The number of hydrogen-bond acceptors (Lipinski definition) is 1. The van der Waals surface area contributed by atoms with Crippen LogP contribution in [0, 0.1) is 0 Å². The molecule has 0 aliphatic heterocycles. The first-order valence-corrected chi connectivity index (χ1v) is 16.8. The van der Waals surface area contributed by atoms with Crippen LogP contribution in [0.15, 0.2) is 186 Å². The monoisotopic (exact) mass is 622 g/mol. The maximum absolute atomic E-state index is 6.24. The number of furan rings is 1. The van der Waals surface area contributed by atoms with Crippen molar-refractivity contribution in [3.05, 3.63) is 182 Å². The van der Waals surface area contributed by atoms with E-state index in [9.17, 15) is 0 Å². The van der Waals surface area contributed by atoms with Gasteiger partial charge in [0.1, 0.15) is 11.2 Å². The van der Waals surface area contributed by atoms with Crippen LogP contribution in [0.1, 0.15) is 0 Å². The van der Waals surface area contributed by atoms with Crippen molar-refractivity contribution in [3.8, 4) is 44.5 Å². The Morgan fingerprint density at radius 1 is 0.265 bits per heavy atom. The minimum atomic E-state index is 0.915. The Kier molecular flexibility index (Phi) is 6.25. The van der Waals surface area contributed by atoms with E-state index in [1.54, 1.807) is 0 Å². The lowest BCUT2D eigenvalue weighted by Gasteiger charge is -2.16. The standard InChI is InChI=1S/C48H30O/c1-3-12-31(13-4-1)42-27-33-16-7-8-17-34(33)28-44(42)36-23-25-40-38-24-22-35(26-37(38)30-43(45(40)29-36)32-14-5-2-6-15-32)39-19-11-21-47-48(39)41-18-9-10-20-46(41)49-47/h1-30H. The third-order valence-corrected chi connectivity index (χ3v) is 10.0. The van der Waals surface area contributed by atoms with Crippen LogP contribution in [-0.4, -0.2) is 0 Å². The van der Waals surface area contributed by atoms with E-state index in [4.69, 9.17) is 4.42 Å². The Labute approximate surface area is 284 Å². The highest BCUT2D eigenvalue weighted by Crippen LogP contribution is 2.43. The van der Waals surface area contributed by atoms with Crippen LogP contribution in [0.2, 0.25) is 0 Å². The zero-order valence-corrected chi connectivity index (χ0v) is 26.7. The lowest BCUT2D eigenvalue weighted by atomic mass is 9.87. The van der Waals surface area contributed by atoms with E-state index in [-0.39, 0.29) is 0 Å². The van der Waals surface area contributed by atoms with Crippen molar-refractivity contribution in [2.45, 2.75) is 0 Å². The van der Waals surface area contributed by atoms with Gasteiger partial charge in [-0.25, -0.2) is 0 Å². The molecule has 0 N–H and O–H groups in total. The van der Waals surface area contributed by atoms with E-state index < -0.39 is 0 Å². The third-order valence-electron chi connectivity index (χ3n) is 10.0. The Morgan fingerprint density at radius 3 is 1.59 bits per heavy atom. The van der Waals surface area contributed by atoms with Gasteiger partial charge in [-0.2, -0.15) is 0 Å². The number of benzene rings is 9. The van der Waals surface area contributed by atoms with Gasteiger partial charge in [0, 0.05) is 10.8 Å². The molecule has 1 heterocycles. The molecule has 1 heteroatoms. The molecule has 0 fully saturated rings. The maximum Gasteiger partial charge on any atom is 0.136 e. The van der Waals surface area contributed by atoms with Gasteiger partial charge in [0.15, 0.2) is 0 Å². The average molecular weight is 623 g/mol. The van der Waals surface area contributed by atoms with Crippen LogP contribution in [0.4, 0.5) is 0 Å². The molecule has 0 saturated heterocycles. The Balaban J connectivity index is 1.22. The molecule has 0 saturated carbocycles. The molecule has 0 bridgehead atoms. The quantitative estimate of drug-likeness (QED) is 0.178. The molecule has 1 nitrogen and oxygen atoms in total. The van der Waals surface area contributed by atoms with Crippen LogP contribution in [0.3, 0.4) is 0 Å². The van der Waals surface area contributed by atoms with Gasteiger partial charge < -0.3 is 4.42 Å². The molecular weight excluding hydrogens is 593 g/mol. The molecule has 0 spiro atoms. The molecular formula is C48H30O.